The summed E-state index contributed by atoms with van der Waals surface area (Å²) < 4.78 is 16.6. The Morgan fingerprint density at radius 3 is 2.66 bits per heavy atom. The van der Waals surface area contributed by atoms with E-state index in [4.69, 9.17) is 4.98 Å². The molecule has 0 radical (unpaired) electrons. The molecule has 0 spiro atoms. The summed E-state index contributed by atoms with van der Waals surface area (Å²) in [5.74, 6) is 0.691. The molecule has 5 rings (SSSR count). The Labute approximate surface area is 190 Å². The minimum absolute atomic E-state index is 0.0988. The van der Waals surface area contributed by atoms with Crippen molar-refractivity contribution in [2.75, 3.05) is 45.2 Å². The Kier molecular flexibility index (Phi) is 5.50. The lowest BCUT2D eigenvalue weighted by atomic mass is 9.77. The van der Waals surface area contributed by atoms with Gasteiger partial charge in [0, 0.05) is 50.6 Å². The van der Waals surface area contributed by atoms with Crippen LogP contribution in [-0.4, -0.2) is 71.0 Å². The Balaban J connectivity index is 1.47. The van der Waals surface area contributed by atoms with Crippen LogP contribution < -0.4 is 10.2 Å². The smallest absolute Gasteiger partial charge is 0.141 e. The molecule has 0 aliphatic carbocycles. The van der Waals surface area contributed by atoms with Gasteiger partial charge in [0.05, 0.1) is 17.3 Å². The Hall–Kier alpha value is -2.38. The topological polar surface area (TPSA) is 39.1 Å². The molecule has 0 amide bonds. The molecule has 3 atom stereocenters. The molecule has 6 nitrogen and oxygen atoms in total. The molecule has 1 N–H and O–H groups in total. The van der Waals surface area contributed by atoms with Gasteiger partial charge in [0.2, 0.25) is 0 Å². The largest absolute Gasteiger partial charge is 0.380 e. The fraction of sp³-hybridized carbons (Fsp3) is 0.560. The van der Waals surface area contributed by atoms with Crippen LogP contribution in [-0.2, 0) is 0 Å². The summed E-state index contributed by atoms with van der Waals surface area (Å²) >= 11 is 0. The number of nitrogens with one attached hydrogen (secondary N) is 1. The van der Waals surface area contributed by atoms with Crippen LogP contribution in [0.15, 0.2) is 42.3 Å². The summed E-state index contributed by atoms with van der Waals surface area (Å²) in [6.07, 6.45) is 11.9. The lowest BCUT2D eigenvalue weighted by molar-refractivity contribution is 0.0645. The molecule has 3 aliphatic heterocycles. The van der Waals surface area contributed by atoms with Gasteiger partial charge in [-0.05, 0) is 65.1 Å². The lowest BCUT2D eigenvalue weighted by Gasteiger charge is -2.49. The van der Waals surface area contributed by atoms with E-state index in [0.717, 1.165) is 57.0 Å². The molecule has 5 heterocycles. The van der Waals surface area contributed by atoms with Gasteiger partial charge in [-0.3, -0.25) is 9.30 Å². The third kappa shape index (κ3) is 3.61. The van der Waals surface area contributed by atoms with E-state index in [1.54, 1.807) is 12.1 Å². The van der Waals surface area contributed by atoms with Gasteiger partial charge in [-0.2, -0.15) is 0 Å². The van der Waals surface area contributed by atoms with Crippen LogP contribution in [0.2, 0.25) is 0 Å². The predicted octanol–water partition coefficient (Wildman–Crippen LogP) is 3.57. The molecule has 3 aliphatic rings. The molecule has 2 fully saturated rings. The van der Waals surface area contributed by atoms with E-state index in [2.05, 4.69) is 76.9 Å². The highest BCUT2D eigenvalue weighted by atomic mass is 19.1. The van der Waals surface area contributed by atoms with Gasteiger partial charge in [0.15, 0.2) is 0 Å². The highest BCUT2D eigenvalue weighted by Crippen LogP contribution is 2.40. The van der Waals surface area contributed by atoms with Gasteiger partial charge in [0.25, 0.3) is 0 Å². The number of hydrogen-bond donors (Lipinski definition) is 1. The Bertz CT molecular complexity index is 1050. The number of halogens is 1. The van der Waals surface area contributed by atoms with Crippen molar-refractivity contribution in [3.63, 3.8) is 0 Å². The summed E-state index contributed by atoms with van der Waals surface area (Å²) in [5, 5.41) is 3.63. The van der Waals surface area contributed by atoms with Crippen LogP contribution in [0, 0.1) is 5.82 Å². The number of aromatic nitrogens is 2. The molecule has 7 heteroatoms. The van der Waals surface area contributed by atoms with Crippen molar-refractivity contribution in [1.82, 2.24) is 24.5 Å². The number of piperidine rings is 1. The third-order valence-electron chi connectivity index (χ3n) is 7.95. The number of allylic oxidation sites excluding steroid dienone is 2. The second-order valence-corrected chi connectivity index (χ2v) is 9.90. The minimum Gasteiger partial charge on any atom is -0.380 e. The van der Waals surface area contributed by atoms with Crippen LogP contribution in [0.4, 0.5) is 10.2 Å². The first-order valence-corrected chi connectivity index (χ1v) is 11.8. The van der Waals surface area contributed by atoms with Gasteiger partial charge >= 0.3 is 0 Å². The maximum absolute atomic E-state index is 14.5. The number of nitrogens with zero attached hydrogens (tertiary/aromatic N) is 5. The molecule has 0 aromatic carbocycles. The van der Waals surface area contributed by atoms with E-state index in [1.807, 2.05) is 0 Å². The first-order chi connectivity index (χ1) is 15.4. The monoisotopic (exact) mass is 438 g/mol. The van der Waals surface area contributed by atoms with Crippen molar-refractivity contribution in [3.8, 4) is 0 Å². The number of hydrogen-bond acceptors (Lipinski definition) is 5. The molecule has 0 bridgehead atoms. The fourth-order valence-electron chi connectivity index (χ4n) is 5.74. The van der Waals surface area contributed by atoms with Gasteiger partial charge in [-0.15, -0.1) is 0 Å². The standard InChI is InChI=1S/C25H35FN6/c1-18-7-6-10-27-25(18,2)22-9-5-8-21(30(22)4)20-17-32-23(28-20)15-19(26)16-24(32)31-13-11-29(3)12-14-31/h6-7,10,15-17,21-22,27H,5,8-9,11-14H2,1-4H3/t21-,22+,25?/m1/s1. The van der Waals surface area contributed by atoms with E-state index in [0.29, 0.717) is 11.7 Å². The summed E-state index contributed by atoms with van der Waals surface area (Å²) in [4.78, 5) is 12.0. The molecule has 2 aromatic rings. The van der Waals surface area contributed by atoms with Crippen LogP contribution in [0.3, 0.4) is 0 Å². The van der Waals surface area contributed by atoms with Gasteiger partial charge < -0.3 is 15.1 Å². The molecule has 2 saturated heterocycles. The number of dihydropyridines is 1. The van der Waals surface area contributed by atoms with Crippen molar-refractivity contribution < 1.29 is 4.39 Å². The van der Waals surface area contributed by atoms with Crippen molar-refractivity contribution in [2.45, 2.75) is 50.7 Å². The molecule has 2 aromatic heterocycles. The molecular formula is C25H35FN6. The van der Waals surface area contributed by atoms with Crippen molar-refractivity contribution >= 4 is 11.5 Å². The van der Waals surface area contributed by atoms with Crippen LogP contribution in [0.1, 0.15) is 44.8 Å². The number of piperazine rings is 1. The predicted molar refractivity (Wildman–Crippen MR) is 127 cm³/mol. The maximum atomic E-state index is 14.5. The van der Waals surface area contributed by atoms with E-state index < -0.39 is 0 Å². The minimum atomic E-state index is -0.218. The highest BCUT2D eigenvalue weighted by Gasteiger charge is 2.43. The second-order valence-electron chi connectivity index (χ2n) is 9.90. The first kappa shape index (κ1) is 21.5. The molecule has 0 saturated carbocycles. The summed E-state index contributed by atoms with van der Waals surface area (Å²) in [7, 11) is 4.36. The normalized spacial score (nSPS) is 29.9. The zero-order chi connectivity index (χ0) is 22.5. The van der Waals surface area contributed by atoms with Crippen LogP contribution in [0.25, 0.3) is 5.65 Å². The van der Waals surface area contributed by atoms with Crippen molar-refractivity contribution in [3.05, 3.63) is 53.8 Å². The summed E-state index contributed by atoms with van der Waals surface area (Å²) in [6.45, 7) is 8.29. The van der Waals surface area contributed by atoms with E-state index in [9.17, 15) is 4.39 Å². The quantitative estimate of drug-likeness (QED) is 0.793. The third-order valence-corrected chi connectivity index (χ3v) is 7.95. The zero-order valence-electron chi connectivity index (χ0n) is 19.7. The van der Waals surface area contributed by atoms with Gasteiger partial charge in [-0.1, -0.05) is 6.08 Å². The van der Waals surface area contributed by atoms with Crippen LogP contribution >= 0.6 is 0 Å². The first-order valence-electron chi connectivity index (χ1n) is 11.8. The number of likely N-dealkylation sites (N-methyl/N-ethyl adjacent to an activating group) is 2. The van der Waals surface area contributed by atoms with E-state index >= 15 is 0 Å². The van der Waals surface area contributed by atoms with E-state index in [-0.39, 0.29) is 17.4 Å². The number of anilines is 1. The van der Waals surface area contributed by atoms with Crippen molar-refractivity contribution in [1.29, 1.82) is 0 Å². The van der Waals surface area contributed by atoms with Gasteiger partial charge in [-0.25, -0.2) is 9.37 Å². The summed E-state index contributed by atoms with van der Waals surface area (Å²) in [5.41, 5.74) is 2.99. The SMILES string of the molecule is CC1=CC=CNC1(C)[C@@H]1CCC[C@H](c2cn3c(N4CCN(C)CC4)cc(F)cc3n2)N1C. The fourth-order valence-corrected chi connectivity index (χ4v) is 5.74. The Morgan fingerprint density at radius 1 is 1.12 bits per heavy atom. The molecular weight excluding hydrogens is 403 g/mol. The lowest BCUT2D eigenvalue weighted by Crippen LogP contribution is -2.60. The highest BCUT2D eigenvalue weighted by molar-refractivity contribution is 5.53. The maximum Gasteiger partial charge on any atom is 0.141 e. The second kappa shape index (κ2) is 8.19. The van der Waals surface area contributed by atoms with Crippen molar-refractivity contribution in [2.24, 2.45) is 0 Å². The zero-order valence-corrected chi connectivity index (χ0v) is 19.7. The summed E-state index contributed by atoms with van der Waals surface area (Å²) in [6, 6.07) is 3.80. The number of rotatable bonds is 3. The number of likely N-dealkylation sites (tertiary alicyclic amines) is 1. The average Bonchev–Trinajstić information content (AvgIpc) is 3.19. The average molecular weight is 439 g/mol. The van der Waals surface area contributed by atoms with Gasteiger partial charge in [0.1, 0.15) is 17.3 Å². The number of imidazole rings is 1. The molecule has 32 heavy (non-hydrogen) atoms. The molecule has 1 unspecified atom stereocenters. The molecule has 172 valence electrons. The van der Waals surface area contributed by atoms with E-state index in [1.165, 1.54) is 5.57 Å². The number of fused-ring (bicyclic) bond motifs is 1. The number of pyridine rings is 1. The van der Waals surface area contributed by atoms with Crippen LogP contribution in [0.5, 0.6) is 0 Å². The Morgan fingerprint density at radius 2 is 1.91 bits per heavy atom.